The van der Waals surface area contributed by atoms with E-state index in [0.717, 1.165) is 48.7 Å². The Balaban J connectivity index is 0.00000210. The van der Waals surface area contributed by atoms with Crippen LogP contribution in [-0.2, 0) is 29.0 Å². The Kier molecular flexibility index (Phi) is 11.1. The number of ether oxygens (including phenoxy) is 1. The number of fused-ring (bicyclic) bond motifs is 3. The zero-order valence-electron chi connectivity index (χ0n) is 20.3. The van der Waals surface area contributed by atoms with Crippen molar-refractivity contribution in [1.82, 2.24) is 4.57 Å². The molecule has 0 atom stereocenters. The van der Waals surface area contributed by atoms with E-state index < -0.39 is 18.4 Å². The molecule has 7 nitrogen and oxygen atoms in total. The highest BCUT2D eigenvalue weighted by Crippen LogP contribution is 2.41. The fourth-order valence-corrected chi connectivity index (χ4v) is 4.96. The summed E-state index contributed by atoms with van der Waals surface area (Å²) in [5, 5.41) is 10.4. The lowest BCUT2D eigenvalue weighted by Gasteiger charge is -2.21. The molecule has 0 saturated carbocycles. The van der Waals surface area contributed by atoms with E-state index in [1.165, 1.54) is 12.6 Å². The first-order chi connectivity index (χ1) is 16.9. The van der Waals surface area contributed by atoms with Crippen LogP contribution in [0.15, 0.2) is 42.5 Å². The molecule has 188 valence electrons. The SMILES string of the molecule is C=C/C=C\C=C(/CBr)CCn1c(C)c(C(=O)C=O)c2c(OCC(=O)O)cc3c(c21)CCCC3.CN. The molecule has 35 heavy (non-hydrogen) atoms. The van der Waals surface area contributed by atoms with Gasteiger partial charge < -0.3 is 20.1 Å². The second-order valence-corrected chi connectivity index (χ2v) is 8.61. The number of allylic oxidation sites excluding steroid dienone is 5. The number of nitrogens with two attached hydrogens (primary N) is 1. The van der Waals surface area contributed by atoms with Gasteiger partial charge in [0.05, 0.1) is 16.5 Å². The summed E-state index contributed by atoms with van der Waals surface area (Å²) in [6.45, 7) is 5.62. The number of rotatable bonds is 11. The highest BCUT2D eigenvalue weighted by Gasteiger charge is 2.28. The molecule has 1 heterocycles. The highest BCUT2D eigenvalue weighted by atomic mass is 79.9. The normalized spacial score (nSPS) is 13.2. The van der Waals surface area contributed by atoms with Crippen LogP contribution in [0.5, 0.6) is 5.75 Å². The summed E-state index contributed by atoms with van der Waals surface area (Å²) in [5.41, 5.74) is 9.81. The fourth-order valence-electron chi connectivity index (χ4n) is 4.49. The molecule has 2 aromatic rings. The van der Waals surface area contributed by atoms with Gasteiger partial charge in [0.25, 0.3) is 0 Å². The summed E-state index contributed by atoms with van der Waals surface area (Å²) in [6.07, 6.45) is 12.4. The lowest BCUT2D eigenvalue weighted by molar-refractivity contribution is -0.139. The Morgan fingerprint density at radius 1 is 1.26 bits per heavy atom. The zero-order valence-corrected chi connectivity index (χ0v) is 21.9. The molecular weight excluding hydrogens is 512 g/mol. The number of aliphatic carboxylic acids is 1. The smallest absolute Gasteiger partial charge is 0.341 e. The van der Waals surface area contributed by atoms with Gasteiger partial charge in [-0.25, -0.2) is 4.79 Å². The Morgan fingerprint density at radius 2 is 1.97 bits per heavy atom. The van der Waals surface area contributed by atoms with Crippen molar-refractivity contribution < 1.29 is 24.2 Å². The molecule has 0 amide bonds. The van der Waals surface area contributed by atoms with Crippen LogP contribution >= 0.6 is 15.9 Å². The monoisotopic (exact) mass is 544 g/mol. The molecule has 0 fully saturated rings. The van der Waals surface area contributed by atoms with E-state index in [2.05, 4.69) is 32.8 Å². The van der Waals surface area contributed by atoms with Gasteiger partial charge in [0.15, 0.2) is 12.9 Å². The molecule has 0 spiro atoms. The third-order valence-electron chi connectivity index (χ3n) is 5.98. The van der Waals surface area contributed by atoms with Crippen LogP contribution in [0, 0.1) is 6.92 Å². The summed E-state index contributed by atoms with van der Waals surface area (Å²) in [5.74, 6) is -1.37. The molecule has 0 radical (unpaired) electrons. The second kappa shape index (κ2) is 13.8. The molecule has 0 saturated heterocycles. The summed E-state index contributed by atoms with van der Waals surface area (Å²) in [6, 6.07) is 1.86. The van der Waals surface area contributed by atoms with Crippen molar-refractivity contribution >= 4 is 44.9 Å². The fraction of sp³-hybridized carbons (Fsp3) is 0.370. The van der Waals surface area contributed by atoms with E-state index in [1.807, 2.05) is 31.2 Å². The van der Waals surface area contributed by atoms with Crippen molar-refractivity contribution in [3.63, 3.8) is 0 Å². The summed E-state index contributed by atoms with van der Waals surface area (Å²) in [4.78, 5) is 35.4. The van der Waals surface area contributed by atoms with E-state index >= 15 is 0 Å². The van der Waals surface area contributed by atoms with Gasteiger partial charge in [0.2, 0.25) is 5.78 Å². The number of hydrogen-bond donors (Lipinski definition) is 2. The minimum Gasteiger partial charge on any atom is -0.481 e. The minimum absolute atomic E-state index is 0.296. The molecule has 1 aromatic heterocycles. The first-order valence-electron chi connectivity index (χ1n) is 11.5. The largest absolute Gasteiger partial charge is 0.481 e. The van der Waals surface area contributed by atoms with Gasteiger partial charge in [0, 0.05) is 17.6 Å². The maximum absolute atomic E-state index is 12.7. The summed E-state index contributed by atoms with van der Waals surface area (Å²) >= 11 is 3.54. The zero-order chi connectivity index (χ0) is 26.0. The molecule has 1 aliphatic rings. The number of carbonyl (C=O) groups is 3. The molecule has 0 aliphatic heterocycles. The van der Waals surface area contributed by atoms with Gasteiger partial charge in [-0.1, -0.05) is 52.4 Å². The molecule has 0 unspecified atom stereocenters. The summed E-state index contributed by atoms with van der Waals surface area (Å²) in [7, 11) is 1.50. The Labute approximate surface area is 214 Å². The number of aromatic nitrogens is 1. The van der Waals surface area contributed by atoms with E-state index in [4.69, 9.17) is 9.84 Å². The number of carboxylic acids is 1. The highest BCUT2D eigenvalue weighted by molar-refractivity contribution is 9.09. The Bertz CT molecular complexity index is 1160. The predicted molar refractivity (Wildman–Crippen MR) is 143 cm³/mol. The third kappa shape index (κ3) is 6.58. The molecule has 1 aromatic carbocycles. The van der Waals surface area contributed by atoms with Gasteiger partial charge in [-0.15, -0.1) is 0 Å². The molecule has 3 rings (SSSR count). The van der Waals surface area contributed by atoms with Crippen LogP contribution in [0.25, 0.3) is 10.9 Å². The molecule has 0 bridgehead atoms. The van der Waals surface area contributed by atoms with Crippen LogP contribution in [0.3, 0.4) is 0 Å². The number of carboxylic acid groups (broad SMARTS) is 1. The van der Waals surface area contributed by atoms with Crippen molar-refractivity contribution in [2.24, 2.45) is 5.73 Å². The van der Waals surface area contributed by atoms with Crippen LogP contribution in [0.4, 0.5) is 0 Å². The van der Waals surface area contributed by atoms with Crippen LogP contribution in [-0.4, -0.2) is 46.7 Å². The molecular formula is C27H33BrN2O5. The minimum atomic E-state index is -1.10. The van der Waals surface area contributed by atoms with Crippen molar-refractivity contribution in [2.75, 3.05) is 19.0 Å². The first kappa shape index (κ1) is 28.3. The van der Waals surface area contributed by atoms with Crippen LogP contribution < -0.4 is 10.5 Å². The number of carbonyl (C=O) groups excluding carboxylic acids is 2. The number of hydrogen-bond acceptors (Lipinski definition) is 5. The predicted octanol–water partition coefficient (Wildman–Crippen LogP) is 4.70. The van der Waals surface area contributed by atoms with Crippen LogP contribution in [0.1, 0.15) is 46.4 Å². The topological polar surface area (TPSA) is 112 Å². The first-order valence-corrected chi connectivity index (χ1v) is 12.7. The summed E-state index contributed by atoms with van der Waals surface area (Å²) < 4.78 is 7.74. The number of aldehydes is 1. The van der Waals surface area contributed by atoms with Gasteiger partial charge >= 0.3 is 5.97 Å². The van der Waals surface area contributed by atoms with E-state index in [-0.39, 0.29) is 0 Å². The van der Waals surface area contributed by atoms with E-state index in [0.29, 0.717) is 40.6 Å². The van der Waals surface area contributed by atoms with Crippen LogP contribution in [0.2, 0.25) is 0 Å². The van der Waals surface area contributed by atoms with Crippen molar-refractivity contribution in [3.8, 4) is 5.75 Å². The molecule has 3 N–H and O–H groups in total. The van der Waals surface area contributed by atoms with Crippen molar-refractivity contribution in [1.29, 1.82) is 0 Å². The number of halogens is 1. The maximum atomic E-state index is 12.7. The van der Waals surface area contributed by atoms with Gasteiger partial charge in [-0.3, -0.25) is 9.59 Å². The van der Waals surface area contributed by atoms with Crippen molar-refractivity contribution in [3.05, 3.63) is 64.9 Å². The number of benzene rings is 1. The third-order valence-corrected chi connectivity index (χ3v) is 6.70. The number of nitrogens with zero attached hydrogens (tertiary/aromatic N) is 1. The maximum Gasteiger partial charge on any atom is 0.341 e. The van der Waals surface area contributed by atoms with Gasteiger partial charge in [-0.2, -0.15) is 0 Å². The Hall–Kier alpha value is -2.97. The average Bonchev–Trinajstić information content (AvgIpc) is 3.17. The number of ketones is 1. The quantitative estimate of drug-likeness (QED) is 0.139. The Morgan fingerprint density at radius 3 is 2.60 bits per heavy atom. The molecule has 1 aliphatic carbocycles. The standard InChI is InChI=1S/C26H28BrNO5.CH5N/c1-3-4-5-8-18(14-27)11-12-28-17(2)24(21(30)15-29)25-22(33-16-23(31)32)13-19-9-6-7-10-20(19)26(25)28;1-2/h3-5,8,13,15H,1,6-7,9-12,14,16H2,2H3,(H,31,32);2H2,1H3/b5-4-,18-8-;. The number of alkyl halides is 1. The average molecular weight is 545 g/mol. The lowest BCUT2D eigenvalue weighted by Crippen LogP contribution is -2.12. The second-order valence-electron chi connectivity index (χ2n) is 8.05. The van der Waals surface area contributed by atoms with E-state index in [9.17, 15) is 14.4 Å². The van der Waals surface area contributed by atoms with Gasteiger partial charge in [0.1, 0.15) is 5.75 Å². The number of Topliss-reactive ketones (excluding diaryl/α,β-unsaturated/α-hetero) is 1. The molecule has 8 heteroatoms. The van der Waals surface area contributed by atoms with Crippen molar-refractivity contribution in [2.45, 2.75) is 45.6 Å². The van der Waals surface area contributed by atoms with E-state index in [1.54, 1.807) is 6.08 Å². The van der Waals surface area contributed by atoms with Gasteiger partial charge in [-0.05, 0) is 63.3 Å². The lowest BCUT2D eigenvalue weighted by atomic mass is 9.89. The number of aryl methyl sites for hydroxylation is 3.